The Labute approximate surface area is 138 Å². The topological polar surface area (TPSA) is 58.0 Å². The van der Waals surface area contributed by atoms with Gasteiger partial charge in [0, 0.05) is 61.9 Å². The Morgan fingerprint density at radius 2 is 1.78 bits per heavy atom. The summed E-state index contributed by atoms with van der Waals surface area (Å²) >= 11 is 1.68. The van der Waals surface area contributed by atoms with Crippen molar-refractivity contribution in [2.24, 2.45) is 0 Å². The molecule has 23 heavy (non-hydrogen) atoms. The molecule has 7 heteroatoms. The smallest absolute Gasteiger partial charge is 0.225 e. The number of hydrogen-bond acceptors (Lipinski definition) is 7. The van der Waals surface area contributed by atoms with Crippen LogP contribution in [0.4, 0.5) is 11.1 Å². The van der Waals surface area contributed by atoms with Gasteiger partial charge in [0.1, 0.15) is 0 Å². The summed E-state index contributed by atoms with van der Waals surface area (Å²) in [5.74, 6) is 0.783. The van der Waals surface area contributed by atoms with Gasteiger partial charge in [0.05, 0.1) is 5.69 Å². The minimum atomic E-state index is 0.783. The molecule has 6 nitrogen and oxygen atoms in total. The third kappa shape index (κ3) is 3.00. The van der Waals surface area contributed by atoms with Crippen molar-refractivity contribution in [2.75, 3.05) is 36.0 Å². The van der Waals surface area contributed by atoms with E-state index >= 15 is 0 Å². The molecule has 3 aromatic rings. The first-order valence-corrected chi connectivity index (χ1v) is 8.41. The number of aromatic nitrogens is 4. The zero-order valence-corrected chi connectivity index (χ0v) is 13.4. The molecule has 0 unspecified atom stereocenters. The standard InChI is InChI=1S/C16H16N6S/c1-2-13(12-17-4-1)14-3-5-18-15(20-14)21-7-9-22(10-8-21)16-19-6-11-23-16/h1-6,11-12H,7-10H2. The molecular weight excluding hydrogens is 308 g/mol. The number of pyridine rings is 1. The maximum absolute atomic E-state index is 4.70. The Hall–Kier alpha value is -2.54. The lowest BCUT2D eigenvalue weighted by Gasteiger charge is -2.34. The van der Waals surface area contributed by atoms with E-state index in [0.717, 1.165) is 48.5 Å². The molecule has 0 aliphatic carbocycles. The van der Waals surface area contributed by atoms with E-state index in [1.807, 2.05) is 42.2 Å². The van der Waals surface area contributed by atoms with Crippen LogP contribution in [0.2, 0.25) is 0 Å². The molecule has 0 saturated carbocycles. The van der Waals surface area contributed by atoms with Crippen molar-refractivity contribution in [1.82, 2.24) is 19.9 Å². The normalized spacial score (nSPS) is 15.0. The van der Waals surface area contributed by atoms with Gasteiger partial charge in [0.15, 0.2) is 5.13 Å². The highest BCUT2D eigenvalue weighted by Gasteiger charge is 2.20. The first kappa shape index (κ1) is 14.1. The van der Waals surface area contributed by atoms with Gasteiger partial charge in [-0.2, -0.15) is 0 Å². The van der Waals surface area contributed by atoms with E-state index in [1.54, 1.807) is 17.5 Å². The number of nitrogens with zero attached hydrogens (tertiary/aromatic N) is 6. The minimum absolute atomic E-state index is 0.783. The summed E-state index contributed by atoms with van der Waals surface area (Å²) in [7, 11) is 0. The van der Waals surface area contributed by atoms with Crippen molar-refractivity contribution in [3.63, 3.8) is 0 Å². The Morgan fingerprint density at radius 1 is 0.913 bits per heavy atom. The van der Waals surface area contributed by atoms with Gasteiger partial charge in [-0.25, -0.2) is 15.0 Å². The fourth-order valence-corrected chi connectivity index (χ4v) is 3.34. The van der Waals surface area contributed by atoms with Gasteiger partial charge in [-0.15, -0.1) is 11.3 Å². The number of piperazine rings is 1. The summed E-state index contributed by atoms with van der Waals surface area (Å²) in [6.45, 7) is 3.67. The van der Waals surface area contributed by atoms with Crippen LogP contribution in [0.3, 0.4) is 0 Å². The average Bonchev–Trinajstić information content (AvgIpc) is 3.17. The van der Waals surface area contributed by atoms with E-state index in [9.17, 15) is 0 Å². The van der Waals surface area contributed by atoms with Crippen LogP contribution in [0.1, 0.15) is 0 Å². The first-order valence-electron chi connectivity index (χ1n) is 7.53. The van der Waals surface area contributed by atoms with Gasteiger partial charge in [0.2, 0.25) is 5.95 Å². The molecule has 116 valence electrons. The number of anilines is 2. The molecule has 0 N–H and O–H groups in total. The molecule has 0 spiro atoms. The van der Waals surface area contributed by atoms with Crippen molar-refractivity contribution < 1.29 is 0 Å². The second kappa shape index (κ2) is 6.29. The third-order valence-electron chi connectivity index (χ3n) is 3.85. The van der Waals surface area contributed by atoms with Crippen molar-refractivity contribution in [1.29, 1.82) is 0 Å². The van der Waals surface area contributed by atoms with E-state index in [0.29, 0.717) is 0 Å². The lowest BCUT2D eigenvalue weighted by Crippen LogP contribution is -2.47. The monoisotopic (exact) mass is 324 g/mol. The average molecular weight is 324 g/mol. The van der Waals surface area contributed by atoms with E-state index < -0.39 is 0 Å². The fraction of sp³-hybridized carbons (Fsp3) is 0.250. The quantitative estimate of drug-likeness (QED) is 0.737. The number of thiazole rings is 1. The van der Waals surface area contributed by atoms with Crippen LogP contribution in [0.5, 0.6) is 0 Å². The minimum Gasteiger partial charge on any atom is -0.345 e. The second-order valence-corrected chi connectivity index (χ2v) is 6.15. The molecule has 1 fully saturated rings. The largest absolute Gasteiger partial charge is 0.345 e. The van der Waals surface area contributed by atoms with Crippen molar-refractivity contribution in [2.45, 2.75) is 0 Å². The van der Waals surface area contributed by atoms with Crippen molar-refractivity contribution in [3.8, 4) is 11.3 Å². The van der Waals surface area contributed by atoms with Crippen molar-refractivity contribution in [3.05, 3.63) is 48.4 Å². The van der Waals surface area contributed by atoms with Gasteiger partial charge in [0.25, 0.3) is 0 Å². The summed E-state index contributed by atoms with van der Waals surface area (Å²) in [5, 5.41) is 3.11. The zero-order valence-electron chi connectivity index (χ0n) is 12.5. The molecule has 0 atom stereocenters. The maximum Gasteiger partial charge on any atom is 0.225 e. The predicted octanol–water partition coefficient (Wildman–Crippen LogP) is 2.32. The van der Waals surface area contributed by atoms with Crippen molar-refractivity contribution >= 4 is 22.4 Å². The number of hydrogen-bond donors (Lipinski definition) is 0. The van der Waals surface area contributed by atoms with Crippen LogP contribution in [-0.4, -0.2) is 46.1 Å². The van der Waals surface area contributed by atoms with Gasteiger partial charge < -0.3 is 9.80 Å². The molecule has 1 saturated heterocycles. The molecule has 4 heterocycles. The third-order valence-corrected chi connectivity index (χ3v) is 4.68. The van der Waals surface area contributed by atoms with Crippen LogP contribution in [0.15, 0.2) is 48.4 Å². The maximum atomic E-state index is 4.70. The Kier molecular flexibility index (Phi) is 3.85. The number of rotatable bonds is 3. The summed E-state index contributed by atoms with van der Waals surface area (Å²) in [6, 6.07) is 5.86. The van der Waals surface area contributed by atoms with Gasteiger partial charge >= 0.3 is 0 Å². The van der Waals surface area contributed by atoms with Gasteiger partial charge in [-0.05, 0) is 18.2 Å². The summed E-state index contributed by atoms with van der Waals surface area (Å²) in [4.78, 5) is 22.2. The molecule has 1 aliphatic heterocycles. The molecule has 0 radical (unpaired) electrons. The molecule has 3 aromatic heterocycles. The van der Waals surface area contributed by atoms with Crippen LogP contribution in [0.25, 0.3) is 11.3 Å². The summed E-state index contributed by atoms with van der Waals surface area (Å²) in [6.07, 6.45) is 7.26. The van der Waals surface area contributed by atoms with E-state index in [-0.39, 0.29) is 0 Å². The highest BCUT2D eigenvalue weighted by molar-refractivity contribution is 7.13. The molecule has 0 aromatic carbocycles. The lowest BCUT2D eigenvalue weighted by molar-refractivity contribution is 0.639. The summed E-state index contributed by atoms with van der Waals surface area (Å²) in [5.41, 5.74) is 1.92. The Morgan fingerprint density at radius 3 is 2.52 bits per heavy atom. The molecule has 4 rings (SSSR count). The van der Waals surface area contributed by atoms with Gasteiger partial charge in [-0.1, -0.05) is 0 Å². The van der Waals surface area contributed by atoms with Crippen LogP contribution < -0.4 is 9.80 Å². The summed E-state index contributed by atoms with van der Waals surface area (Å²) < 4.78 is 0. The van der Waals surface area contributed by atoms with Crippen LogP contribution in [0, 0.1) is 0 Å². The fourth-order valence-electron chi connectivity index (χ4n) is 2.65. The second-order valence-electron chi connectivity index (χ2n) is 5.27. The van der Waals surface area contributed by atoms with Gasteiger partial charge in [-0.3, -0.25) is 4.98 Å². The van der Waals surface area contributed by atoms with E-state index in [1.165, 1.54) is 0 Å². The Bertz CT molecular complexity index is 753. The van der Waals surface area contributed by atoms with Crippen LogP contribution in [-0.2, 0) is 0 Å². The van der Waals surface area contributed by atoms with Crippen LogP contribution >= 0.6 is 11.3 Å². The molecule has 0 amide bonds. The molecule has 0 bridgehead atoms. The highest BCUT2D eigenvalue weighted by atomic mass is 32.1. The van der Waals surface area contributed by atoms with E-state index in [2.05, 4.69) is 24.8 Å². The predicted molar refractivity (Wildman–Crippen MR) is 91.8 cm³/mol. The Balaban J connectivity index is 1.49. The highest BCUT2D eigenvalue weighted by Crippen LogP contribution is 2.22. The molecule has 1 aliphatic rings. The zero-order chi connectivity index (χ0) is 15.5. The SMILES string of the molecule is c1cncc(-c2ccnc(N3CCN(c4nccs4)CC3)n2)c1. The first-order chi connectivity index (χ1) is 11.4. The molecular formula is C16H16N6S. The lowest BCUT2D eigenvalue weighted by atomic mass is 10.2. The van der Waals surface area contributed by atoms with E-state index in [4.69, 9.17) is 4.98 Å².